The molecule has 1 aliphatic rings. The van der Waals surface area contributed by atoms with Gasteiger partial charge >= 0.3 is 0 Å². The minimum atomic E-state index is -0.153. The van der Waals surface area contributed by atoms with Gasteiger partial charge in [-0.15, -0.1) is 0 Å². The predicted molar refractivity (Wildman–Crippen MR) is 135 cm³/mol. The van der Waals surface area contributed by atoms with Crippen molar-refractivity contribution in [3.05, 3.63) is 87.3 Å². The second-order valence-corrected chi connectivity index (χ2v) is 9.60. The third-order valence-electron chi connectivity index (χ3n) is 6.30. The van der Waals surface area contributed by atoms with Crippen molar-refractivity contribution in [2.45, 2.75) is 53.2 Å². The number of aromatic nitrogens is 2. The number of hydrogen-bond acceptors (Lipinski definition) is 4. The molecular weight excluding hydrogens is 424 g/mol. The molecule has 1 N–H and O–H groups in total. The van der Waals surface area contributed by atoms with Gasteiger partial charge in [0.05, 0.1) is 5.69 Å². The van der Waals surface area contributed by atoms with Gasteiger partial charge in [-0.25, -0.2) is 4.98 Å². The second-order valence-electron chi connectivity index (χ2n) is 9.60. The molecule has 178 valence electrons. The molecule has 0 saturated carbocycles. The molecule has 0 fully saturated rings. The number of aryl methyl sites for hydroxylation is 1. The molecule has 6 nitrogen and oxygen atoms in total. The molecule has 2 aromatic carbocycles. The Bertz CT molecular complexity index is 1180. The highest BCUT2D eigenvalue weighted by Crippen LogP contribution is 2.22. The molecule has 6 heteroatoms. The normalized spacial score (nSPS) is 13.6. The Kier molecular flexibility index (Phi) is 7.58. The highest BCUT2D eigenvalue weighted by Gasteiger charge is 2.25. The molecule has 0 bridgehead atoms. The van der Waals surface area contributed by atoms with E-state index in [1.165, 1.54) is 5.56 Å². The largest absolute Gasteiger partial charge is 0.355 e. The van der Waals surface area contributed by atoms with E-state index in [4.69, 9.17) is 4.98 Å². The Morgan fingerprint density at radius 2 is 1.82 bits per heavy atom. The molecule has 3 aromatic rings. The smallest absolute Gasteiger partial charge is 0.257 e. The fourth-order valence-electron chi connectivity index (χ4n) is 4.33. The number of fused-ring (bicyclic) bond motifs is 1. The van der Waals surface area contributed by atoms with E-state index in [2.05, 4.69) is 36.2 Å². The fraction of sp³-hybridized carbons (Fsp3) is 0.393. The van der Waals surface area contributed by atoms with Gasteiger partial charge in [0.1, 0.15) is 12.4 Å². The number of amides is 1. The summed E-state index contributed by atoms with van der Waals surface area (Å²) in [6.45, 7) is 9.11. The summed E-state index contributed by atoms with van der Waals surface area (Å²) in [5.41, 5.74) is 4.68. The van der Waals surface area contributed by atoms with Crippen molar-refractivity contribution < 1.29 is 4.79 Å². The maximum absolute atomic E-state index is 13.6. The Labute approximate surface area is 201 Å². The summed E-state index contributed by atoms with van der Waals surface area (Å²) in [5.74, 6) is 0.916. The number of benzene rings is 2. The van der Waals surface area contributed by atoms with Crippen molar-refractivity contribution in [3.63, 3.8) is 0 Å². The van der Waals surface area contributed by atoms with E-state index in [0.29, 0.717) is 31.3 Å². The lowest BCUT2D eigenvalue weighted by Crippen LogP contribution is -2.40. The van der Waals surface area contributed by atoms with E-state index >= 15 is 0 Å². The Hall–Kier alpha value is -3.25. The van der Waals surface area contributed by atoms with Crippen LogP contribution in [0.1, 0.15) is 42.7 Å². The first-order valence-electron chi connectivity index (χ1n) is 12.1. The molecule has 0 aliphatic carbocycles. The highest BCUT2D eigenvalue weighted by atomic mass is 16.2. The van der Waals surface area contributed by atoms with E-state index in [0.717, 1.165) is 41.9 Å². The van der Waals surface area contributed by atoms with Crippen molar-refractivity contribution in [1.82, 2.24) is 19.8 Å². The van der Waals surface area contributed by atoms with Crippen molar-refractivity contribution >= 4 is 5.91 Å². The third-order valence-corrected chi connectivity index (χ3v) is 6.30. The molecule has 0 atom stereocenters. The van der Waals surface area contributed by atoms with Gasteiger partial charge in [-0.3, -0.25) is 19.1 Å². The number of rotatable bonds is 8. The van der Waals surface area contributed by atoms with Crippen LogP contribution in [0.4, 0.5) is 0 Å². The van der Waals surface area contributed by atoms with Crippen LogP contribution < -0.4 is 10.9 Å². The van der Waals surface area contributed by atoms with Gasteiger partial charge in [0.15, 0.2) is 0 Å². The van der Waals surface area contributed by atoms with E-state index < -0.39 is 0 Å². The van der Waals surface area contributed by atoms with Gasteiger partial charge in [0, 0.05) is 37.3 Å². The topological polar surface area (TPSA) is 67.2 Å². The summed E-state index contributed by atoms with van der Waals surface area (Å²) in [7, 11) is 0. The first kappa shape index (κ1) is 23.9. The van der Waals surface area contributed by atoms with Crippen LogP contribution in [-0.4, -0.2) is 33.4 Å². The summed E-state index contributed by atoms with van der Waals surface area (Å²) in [6.07, 6.45) is 1.54. The molecule has 34 heavy (non-hydrogen) atoms. The van der Waals surface area contributed by atoms with Crippen LogP contribution in [0.2, 0.25) is 0 Å². The summed E-state index contributed by atoms with van der Waals surface area (Å²) in [6, 6.07) is 18.3. The minimum Gasteiger partial charge on any atom is -0.355 e. The van der Waals surface area contributed by atoms with E-state index in [9.17, 15) is 9.59 Å². The Morgan fingerprint density at radius 1 is 1.09 bits per heavy atom. The number of nitrogens with one attached hydrogen (secondary N) is 1. The van der Waals surface area contributed by atoms with Crippen molar-refractivity contribution in [2.75, 3.05) is 13.1 Å². The van der Waals surface area contributed by atoms with Crippen LogP contribution in [-0.2, 0) is 30.8 Å². The van der Waals surface area contributed by atoms with Gasteiger partial charge in [0.25, 0.3) is 5.56 Å². The molecule has 0 saturated heterocycles. The zero-order valence-corrected chi connectivity index (χ0v) is 20.4. The van der Waals surface area contributed by atoms with Gasteiger partial charge in [-0.2, -0.15) is 0 Å². The number of nitrogens with zero attached hydrogens (tertiary/aromatic N) is 3. The third kappa shape index (κ3) is 5.81. The standard InChI is InChI=1S/C28H34N4O2/c1-20(2)13-15-29-26(33)19-32-27(23-11-9-21(3)10-12-23)30-25-18-31(16-14-24(25)28(32)34)17-22-7-5-4-6-8-22/h4-12,20H,13-19H2,1-3H3,(H,29,33). The van der Waals surface area contributed by atoms with Gasteiger partial charge < -0.3 is 5.32 Å². The lowest BCUT2D eigenvalue weighted by molar-refractivity contribution is -0.121. The quantitative estimate of drug-likeness (QED) is 0.555. The highest BCUT2D eigenvalue weighted by molar-refractivity contribution is 5.76. The zero-order chi connectivity index (χ0) is 24.1. The molecular formula is C28H34N4O2. The molecule has 1 aliphatic heterocycles. The second kappa shape index (κ2) is 10.8. The van der Waals surface area contributed by atoms with Crippen LogP contribution in [0.5, 0.6) is 0 Å². The lowest BCUT2D eigenvalue weighted by atomic mass is 10.0. The number of carbonyl (C=O) groups excluding carboxylic acids is 1. The number of carbonyl (C=O) groups is 1. The first-order valence-corrected chi connectivity index (χ1v) is 12.1. The van der Waals surface area contributed by atoms with Gasteiger partial charge in [0.2, 0.25) is 5.91 Å². The SMILES string of the molecule is Cc1ccc(-c2nc3c(c(=O)n2CC(=O)NCCC(C)C)CCN(Cc2ccccc2)C3)cc1. The summed E-state index contributed by atoms with van der Waals surface area (Å²) in [4.78, 5) is 33.6. The summed E-state index contributed by atoms with van der Waals surface area (Å²) < 4.78 is 1.56. The maximum Gasteiger partial charge on any atom is 0.257 e. The van der Waals surface area contributed by atoms with Crippen LogP contribution in [0.3, 0.4) is 0 Å². The Balaban J connectivity index is 1.64. The van der Waals surface area contributed by atoms with E-state index in [1.54, 1.807) is 4.57 Å². The fourth-order valence-corrected chi connectivity index (χ4v) is 4.33. The van der Waals surface area contributed by atoms with Crippen molar-refractivity contribution in [1.29, 1.82) is 0 Å². The molecule has 2 heterocycles. The molecule has 0 radical (unpaired) electrons. The predicted octanol–water partition coefficient (Wildman–Crippen LogP) is 3.94. The minimum absolute atomic E-state index is 0.0197. The lowest BCUT2D eigenvalue weighted by Gasteiger charge is -2.29. The van der Waals surface area contributed by atoms with Crippen LogP contribution in [0.15, 0.2) is 59.4 Å². The van der Waals surface area contributed by atoms with Crippen LogP contribution >= 0.6 is 0 Å². The molecule has 4 rings (SSSR count). The molecule has 0 spiro atoms. The summed E-state index contributed by atoms with van der Waals surface area (Å²) >= 11 is 0. The average Bonchev–Trinajstić information content (AvgIpc) is 2.82. The van der Waals surface area contributed by atoms with Gasteiger partial charge in [-0.1, -0.05) is 74.0 Å². The van der Waals surface area contributed by atoms with Crippen molar-refractivity contribution in [3.8, 4) is 11.4 Å². The molecule has 0 unspecified atom stereocenters. The average molecular weight is 459 g/mol. The van der Waals surface area contributed by atoms with E-state index in [1.807, 2.05) is 49.4 Å². The Morgan fingerprint density at radius 3 is 2.53 bits per heavy atom. The number of hydrogen-bond donors (Lipinski definition) is 1. The summed E-state index contributed by atoms with van der Waals surface area (Å²) in [5, 5.41) is 2.96. The van der Waals surface area contributed by atoms with Gasteiger partial charge in [-0.05, 0) is 31.2 Å². The first-order chi connectivity index (χ1) is 16.4. The maximum atomic E-state index is 13.6. The van der Waals surface area contributed by atoms with Crippen LogP contribution in [0.25, 0.3) is 11.4 Å². The zero-order valence-electron chi connectivity index (χ0n) is 20.4. The molecule has 1 aromatic heterocycles. The molecule has 1 amide bonds. The van der Waals surface area contributed by atoms with E-state index in [-0.39, 0.29) is 18.0 Å². The monoisotopic (exact) mass is 458 g/mol. The van der Waals surface area contributed by atoms with Crippen molar-refractivity contribution in [2.24, 2.45) is 5.92 Å². The van der Waals surface area contributed by atoms with Crippen LogP contribution in [0, 0.1) is 12.8 Å².